The molecular formula is C13H19N3O. The Hall–Kier alpha value is -1.55. The van der Waals surface area contributed by atoms with Gasteiger partial charge in [0.25, 0.3) is 0 Å². The number of hydrogen-bond donors (Lipinski definition) is 1. The molecular weight excluding hydrogens is 214 g/mol. The van der Waals surface area contributed by atoms with Gasteiger partial charge in [0.2, 0.25) is 0 Å². The molecule has 0 bridgehead atoms. The van der Waals surface area contributed by atoms with Gasteiger partial charge in [-0.15, -0.1) is 0 Å². The molecule has 0 saturated carbocycles. The highest BCUT2D eigenvalue weighted by molar-refractivity contribution is 5.15. The number of nitrogens with two attached hydrogens (primary N) is 1. The lowest BCUT2D eigenvalue weighted by Gasteiger charge is -2.22. The topological polar surface area (TPSA) is 57.0 Å². The molecule has 4 heteroatoms. The smallest absolute Gasteiger partial charge is 0.129 e. The SMILES string of the molecule is CCC(N)C(c1ccco1)n1nc(C)cc1C. The highest BCUT2D eigenvalue weighted by Crippen LogP contribution is 2.24. The average molecular weight is 233 g/mol. The molecule has 0 amide bonds. The Bertz CT molecular complexity index is 473. The molecule has 2 aromatic heterocycles. The van der Waals surface area contributed by atoms with Crippen LogP contribution in [0.3, 0.4) is 0 Å². The fourth-order valence-electron chi connectivity index (χ4n) is 2.12. The fourth-order valence-corrected chi connectivity index (χ4v) is 2.12. The minimum atomic E-state index is -0.0244. The molecule has 2 unspecified atom stereocenters. The Balaban J connectivity index is 2.44. The minimum absolute atomic E-state index is 0.000787. The van der Waals surface area contributed by atoms with E-state index < -0.39 is 0 Å². The van der Waals surface area contributed by atoms with Gasteiger partial charge in [0.1, 0.15) is 11.8 Å². The number of rotatable bonds is 4. The molecule has 4 nitrogen and oxygen atoms in total. The highest BCUT2D eigenvalue weighted by atomic mass is 16.3. The van der Waals surface area contributed by atoms with Crippen LogP contribution < -0.4 is 5.73 Å². The maximum absolute atomic E-state index is 6.20. The van der Waals surface area contributed by atoms with E-state index in [1.807, 2.05) is 30.7 Å². The second-order valence-corrected chi connectivity index (χ2v) is 4.40. The molecule has 0 aliphatic rings. The van der Waals surface area contributed by atoms with Crippen LogP contribution in [0.4, 0.5) is 0 Å². The summed E-state index contributed by atoms with van der Waals surface area (Å²) in [5.74, 6) is 0.866. The fraction of sp³-hybridized carbons (Fsp3) is 0.462. The van der Waals surface area contributed by atoms with Crippen molar-refractivity contribution in [2.75, 3.05) is 0 Å². The molecule has 0 radical (unpaired) electrons. The van der Waals surface area contributed by atoms with Crippen molar-refractivity contribution in [3.8, 4) is 0 Å². The van der Waals surface area contributed by atoms with Gasteiger partial charge in [-0.25, -0.2) is 0 Å². The molecule has 0 spiro atoms. The molecule has 17 heavy (non-hydrogen) atoms. The predicted molar refractivity (Wildman–Crippen MR) is 66.8 cm³/mol. The third-order valence-electron chi connectivity index (χ3n) is 3.02. The second-order valence-electron chi connectivity index (χ2n) is 4.40. The lowest BCUT2D eigenvalue weighted by Crippen LogP contribution is -2.33. The van der Waals surface area contributed by atoms with E-state index in [0.29, 0.717) is 0 Å². The summed E-state index contributed by atoms with van der Waals surface area (Å²) in [5, 5.41) is 4.51. The molecule has 2 rings (SSSR count). The van der Waals surface area contributed by atoms with Crippen LogP contribution in [0.25, 0.3) is 0 Å². The van der Waals surface area contributed by atoms with Crippen LogP contribution in [-0.2, 0) is 0 Å². The standard InChI is InChI=1S/C13H19N3O/c1-4-11(14)13(12-6-5-7-17-12)16-10(3)8-9(2)15-16/h5-8,11,13H,4,14H2,1-3H3. The van der Waals surface area contributed by atoms with E-state index in [1.54, 1.807) is 6.26 Å². The van der Waals surface area contributed by atoms with E-state index >= 15 is 0 Å². The van der Waals surface area contributed by atoms with Gasteiger partial charge in [-0.3, -0.25) is 4.68 Å². The Kier molecular flexibility index (Phi) is 3.33. The molecule has 2 aromatic rings. The molecule has 2 atom stereocenters. The Morgan fingerprint density at radius 3 is 2.71 bits per heavy atom. The van der Waals surface area contributed by atoms with Crippen molar-refractivity contribution >= 4 is 0 Å². The molecule has 0 fully saturated rings. The maximum atomic E-state index is 6.20. The first kappa shape index (κ1) is 11.9. The van der Waals surface area contributed by atoms with E-state index in [2.05, 4.69) is 18.1 Å². The van der Waals surface area contributed by atoms with Crippen LogP contribution in [0.2, 0.25) is 0 Å². The van der Waals surface area contributed by atoms with Gasteiger partial charge in [-0.1, -0.05) is 6.92 Å². The van der Waals surface area contributed by atoms with Gasteiger partial charge in [-0.05, 0) is 38.5 Å². The molecule has 2 N–H and O–H groups in total. The van der Waals surface area contributed by atoms with E-state index in [-0.39, 0.29) is 12.1 Å². The van der Waals surface area contributed by atoms with E-state index in [4.69, 9.17) is 10.2 Å². The van der Waals surface area contributed by atoms with Gasteiger partial charge < -0.3 is 10.2 Å². The maximum Gasteiger partial charge on any atom is 0.129 e. The summed E-state index contributed by atoms with van der Waals surface area (Å²) in [6.07, 6.45) is 2.56. The van der Waals surface area contributed by atoms with Crippen LogP contribution in [0, 0.1) is 13.8 Å². The highest BCUT2D eigenvalue weighted by Gasteiger charge is 2.25. The summed E-state index contributed by atoms with van der Waals surface area (Å²) >= 11 is 0. The largest absolute Gasteiger partial charge is 0.467 e. The van der Waals surface area contributed by atoms with Crippen molar-refractivity contribution in [1.82, 2.24) is 9.78 Å². The van der Waals surface area contributed by atoms with Crippen molar-refractivity contribution in [2.24, 2.45) is 5.73 Å². The van der Waals surface area contributed by atoms with Crippen LogP contribution in [0.5, 0.6) is 0 Å². The van der Waals surface area contributed by atoms with Crippen LogP contribution in [0.15, 0.2) is 28.9 Å². The summed E-state index contributed by atoms with van der Waals surface area (Å²) in [5.41, 5.74) is 8.30. The van der Waals surface area contributed by atoms with Crippen molar-refractivity contribution in [1.29, 1.82) is 0 Å². The molecule has 0 aromatic carbocycles. The van der Waals surface area contributed by atoms with Crippen molar-refractivity contribution in [2.45, 2.75) is 39.3 Å². The van der Waals surface area contributed by atoms with E-state index in [0.717, 1.165) is 23.6 Å². The zero-order chi connectivity index (χ0) is 12.4. The lowest BCUT2D eigenvalue weighted by atomic mass is 10.0. The van der Waals surface area contributed by atoms with Gasteiger partial charge in [0.05, 0.1) is 12.0 Å². The normalized spacial score (nSPS) is 14.8. The zero-order valence-electron chi connectivity index (χ0n) is 10.6. The number of aromatic nitrogens is 2. The third-order valence-corrected chi connectivity index (χ3v) is 3.02. The van der Waals surface area contributed by atoms with Crippen molar-refractivity contribution < 1.29 is 4.42 Å². The van der Waals surface area contributed by atoms with Crippen LogP contribution in [0.1, 0.15) is 36.5 Å². The first-order chi connectivity index (χ1) is 8.13. The van der Waals surface area contributed by atoms with Gasteiger partial charge in [0.15, 0.2) is 0 Å². The third kappa shape index (κ3) is 2.26. The average Bonchev–Trinajstić information content (AvgIpc) is 2.90. The van der Waals surface area contributed by atoms with Crippen LogP contribution >= 0.6 is 0 Å². The second kappa shape index (κ2) is 4.75. The Labute approximate surface area is 101 Å². The predicted octanol–water partition coefficient (Wildman–Crippen LogP) is 2.42. The first-order valence-corrected chi connectivity index (χ1v) is 5.95. The zero-order valence-corrected chi connectivity index (χ0v) is 10.6. The molecule has 2 heterocycles. The Morgan fingerprint density at radius 2 is 2.24 bits per heavy atom. The van der Waals surface area contributed by atoms with Crippen molar-refractivity contribution in [3.63, 3.8) is 0 Å². The summed E-state index contributed by atoms with van der Waals surface area (Å²) < 4.78 is 7.46. The molecule has 0 saturated heterocycles. The number of furan rings is 1. The van der Waals surface area contributed by atoms with Gasteiger partial charge in [0, 0.05) is 11.7 Å². The monoisotopic (exact) mass is 233 g/mol. The quantitative estimate of drug-likeness (QED) is 0.882. The van der Waals surface area contributed by atoms with Gasteiger partial charge >= 0.3 is 0 Å². The van der Waals surface area contributed by atoms with E-state index in [9.17, 15) is 0 Å². The molecule has 92 valence electrons. The number of hydrogen-bond acceptors (Lipinski definition) is 3. The summed E-state index contributed by atoms with van der Waals surface area (Å²) in [4.78, 5) is 0. The van der Waals surface area contributed by atoms with E-state index in [1.165, 1.54) is 0 Å². The molecule has 0 aliphatic heterocycles. The van der Waals surface area contributed by atoms with Crippen LogP contribution in [-0.4, -0.2) is 15.8 Å². The Morgan fingerprint density at radius 1 is 1.47 bits per heavy atom. The lowest BCUT2D eigenvalue weighted by molar-refractivity contribution is 0.346. The summed E-state index contributed by atoms with van der Waals surface area (Å²) in [6.45, 7) is 6.10. The van der Waals surface area contributed by atoms with Crippen molar-refractivity contribution in [3.05, 3.63) is 41.6 Å². The first-order valence-electron chi connectivity index (χ1n) is 5.95. The molecule has 0 aliphatic carbocycles. The van der Waals surface area contributed by atoms with Gasteiger partial charge in [-0.2, -0.15) is 5.10 Å². The minimum Gasteiger partial charge on any atom is -0.467 e. The summed E-state index contributed by atoms with van der Waals surface area (Å²) in [6, 6.07) is 5.87. The number of nitrogens with zero attached hydrogens (tertiary/aromatic N) is 2. The number of aryl methyl sites for hydroxylation is 2. The summed E-state index contributed by atoms with van der Waals surface area (Å²) in [7, 11) is 0.